The average Bonchev–Trinajstić information content (AvgIpc) is 2.14. The fourth-order valence-electron chi connectivity index (χ4n) is 0.923. The number of halogens is 3. The van der Waals surface area contributed by atoms with Crippen molar-refractivity contribution in [2.24, 2.45) is 0 Å². The largest absolute Gasteiger partial charge is 0.484 e. The highest BCUT2D eigenvalue weighted by atomic mass is 19.4. The molecular formula is C9H8F3NO3. The monoisotopic (exact) mass is 235 g/mol. The van der Waals surface area contributed by atoms with E-state index >= 15 is 0 Å². The molecule has 0 saturated carbocycles. The zero-order valence-corrected chi connectivity index (χ0v) is 7.91. The van der Waals surface area contributed by atoms with Gasteiger partial charge >= 0.3 is 12.3 Å². The number of hydrogen-bond donors (Lipinski definition) is 2. The normalized spacial score (nSPS) is 10.9. The fraction of sp³-hybridized carbons (Fsp3) is 0.222. The van der Waals surface area contributed by atoms with Gasteiger partial charge in [0.1, 0.15) is 5.75 Å². The topological polar surface area (TPSA) is 58.6 Å². The molecule has 1 rings (SSSR count). The van der Waals surface area contributed by atoms with Crippen LogP contribution in [0.25, 0.3) is 0 Å². The van der Waals surface area contributed by atoms with Crippen molar-refractivity contribution in [3.8, 4) is 5.75 Å². The summed E-state index contributed by atoms with van der Waals surface area (Å²) in [4.78, 5) is 10.2. The van der Waals surface area contributed by atoms with Gasteiger partial charge in [0.25, 0.3) is 0 Å². The minimum Gasteiger partial charge on any atom is -0.484 e. The first kappa shape index (κ1) is 12.2. The molecular weight excluding hydrogens is 227 g/mol. The smallest absolute Gasteiger partial charge is 0.422 e. The number of carbonyl (C=O) groups is 1. The van der Waals surface area contributed by atoms with Gasteiger partial charge in [-0.25, -0.2) is 4.79 Å². The molecule has 0 spiro atoms. The maximum atomic E-state index is 11.8. The van der Waals surface area contributed by atoms with E-state index in [2.05, 4.69) is 4.74 Å². The first-order valence-electron chi connectivity index (χ1n) is 4.16. The van der Waals surface area contributed by atoms with Crippen molar-refractivity contribution in [3.63, 3.8) is 0 Å². The average molecular weight is 235 g/mol. The predicted octanol–water partition coefficient (Wildman–Crippen LogP) is 2.72. The summed E-state index contributed by atoms with van der Waals surface area (Å²) in [7, 11) is 0. The summed E-state index contributed by atoms with van der Waals surface area (Å²) in [5.41, 5.74) is 0.256. The lowest BCUT2D eigenvalue weighted by Crippen LogP contribution is -2.19. The molecule has 88 valence electrons. The van der Waals surface area contributed by atoms with Crippen molar-refractivity contribution < 1.29 is 27.8 Å². The van der Waals surface area contributed by atoms with Crippen molar-refractivity contribution in [3.05, 3.63) is 24.3 Å². The van der Waals surface area contributed by atoms with Gasteiger partial charge in [0.05, 0.1) is 0 Å². The third-order valence-electron chi connectivity index (χ3n) is 1.51. The van der Waals surface area contributed by atoms with Crippen LogP contribution in [0, 0.1) is 0 Å². The predicted molar refractivity (Wildman–Crippen MR) is 49.6 cm³/mol. The van der Waals surface area contributed by atoms with Crippen LogP contribution in [0.15, 0.2) is 24.3 Å². The number of alkyl halides is 3. The third-order valence-corrected chi connectivity index (χ3v) is 1.51. The van der Waals surface area contributed by atoms with E-state index in [-0.39, 0.29) is 11.4 Å². The molecule has 1 amide bonds. The number of anilines is 1. The number of hydrogen-bond acceptors (Lipinski definition) is 2. The van der Waals surface area contributed by atoms with Crippen LogP contribution in [0.4, 0.5) is 23.7 Å². The Kier molecular flexibility index (Phi) is 3.60. The molecule has 16 heavy (non-hydrogen) atoms. The summed E-state index contributed by atoms with van der Waals surface area (Å²) < 4.78 is 39.8. The molecule has 0 aliphatic rings. The second kappa shape index (κ2) is 4.73. The van der Waals surface area contributed by atoms with E-state index in [0.717, 1.165) is 0 Å². The van der Waals surface area contributed by atoms with Crippen molar-refractivity contribution in [1.29, 1.82) is 0 Å². The van der Waals surface area contributed by atoms with E-state index in [0.29, 0.717) is 0 Å². The van der Waals surface area contributed by atoms with E-state index in [1.807, 2.05) is 5.32 Å². The summed E-state index contributed by atoms with van der Waals surface area (Å²) >= 11 is 0. The Morgan fingerprint density at radius 2 is 1.88 bits per heavy atom. The molecule has 0 heterocycles. The molecule has 0 aromatic heterocycles. The highest BCUT2D eigenvalue weighted by molar-refractivity contribution is 5.82. The van der Waals surface area contributed by atoms with E-state index in [1.165, 1.54) is 24.3 Å². The van der Waals surface area contributed by atoms with Crippen LogP contribution >= 0.6 is 0 Å². The summed E-state index contributed by atoms with van der Waals surface area (Å²) in [6.45, 7) is -1.38. The Hall–Kier alpha value is -1.92. The van der Waals surface area contributed by atoms with Crippen molar-refractivity contribution >= 4 is 11.8 Å². The van der Waals surface area contributed by atoms with Crippen LogP contribution < -0.4 is 10.1 Å². The highest BCUT2D eigenvalue weighted by Crippen LogP contribution is 2.20. The summed E-state index contributed by atoms with van der Waals surface area (Å²) in [6, 6.07) is 5.10. The van der Waals surface area contributed by atoms with E-state index < -0.39 is 18.9 Å². The molecule has 0 bridgehead atoms. The zero-order chi connectivity index (χ0) is 12.2. The first-order chi connectivity index (χ1) is 7.37. The van der Waals surface area contributed by atoms with Crippen LogP contribution in [0.5, 0.6) is 5.75 Å². The van der Waals surface area contributed by atoms with E-state index in [9.17, 15) is 18.0 Å². The van der Waals surface area contributed by atoms with Gasteiger partial charge in [0.2, 0.25) is 0 Å². The molecule has 2 N–H and O–H groups in total. The fourth-order valence-corrected chi connectivity index (χ4v) is 0.923. The number of rotatable bonds is 3. The highest BCUT2D eigenvalue weighted by Gasteiger charge is 2.28. The van der Waals surface area contributed by atoms with Crippen LogP contribution in [0.2, 0.25) is 0 Å². The molecule has 7 heteroatoms. The van der Waals surface area contributed by atoms with Crippen molar-refractivity contribution in [2.45, 2.75) is 6.18 Å². The van der Waals surface area contributed by atoms with Crippen molar-refractivity contribution in [2.75, 3.05) is 11.9 Å². The number of benzene rings is 1. The van der Waals surface area contributed by atoms with Crippen LogP contribution in [0.3, 0.4) is 0 Å². The third kappa shape index (κ3) is 4.54. The Bertz CT molecular complexity index is 361. The lowest BCUT2D eigenvalue weighted by atomic mass is 10.3. The molecule has 4 nitrogen and oxygen atoms in total. The van der Waals surface area contributed by atoms with Gasteiger partial charge in [-0.2, -0.15) is 13.2 Å². The van der Waals surface area contributed by atoms with Crippen LogP contribution in [-0.2, 0) is 0 Å². The Labute approximate surface area is 88.6 Å². The Balaban J connectivity index is 2.55. The Morgan fingerprint density at radius 3 is 2.31 bits per heavy atom. The first-order valence-corrected chi connectivity index (χ1v) is 4.16. The van der Waals surface area contributed by atoms with Gasteiger partial charge in [0.15, 0.2) is 6.61 Å². The molecule has 0 aliphatic carbocycles. The van der Waals surface area contributed by atoms with Crippen LogP contribution in [-0.4, -0.2) is 24.0 Å². The quantitative estimate of drug-likeness (QED) is 0.846. The number of amides is 1. The second-order valence-electron chi connectivity index (χ2n) is 2.86. The number of nitrogens with one attached hydrogen (secondary N) is 1. The van der Waals surface area contributed by atoms with Gasteiger partial charge in [-0.15, -0.1) is 0 Å². The number of ether oxygens (including phenoxy) is 1. The summed E-state index contributed by atoms with van der Waals surface area (Å²) in [5, 5.41) is 10.4. The van der Waals surface area contributed by atoms with Gasteiger partial charge in [-0.3, -0.25) is 5.32 Å². The molecule has 0 unspecified atom stereocenters. The van der Waals surface area contributed by atoms with Crippen LogP contribution in [0.1, 0.15) is 0 Å². The lowest BCUT2D eigenvalue weighted by Gasteiger charge is -2.09. The minimum absolute atomic E-state index is 0.0215. The second-order valence-corrected chi connectivity index (χ2v) is 2.86. The lowest BCUT2D eigenvalue weighted by molar-refractivity contribution is -0.153. The van der Waals surface area contributed by atoms with Gasteiger partial charge in [-0.05, 0) is 24.3 Å². The minimum atomic E-state index is -4.39. The van der Waals surface area contributed by atoms with Gasteiger partial charge in [-0.1, -0.05) is 0 Å². The maximum Gasteiger partial charge on any atom is 0.422 e. The molecule has 0 saturated heterocycles. The molecule has 0 atom stereocenters. The summed E-state index contributed by atoms with van der Waals surface area (Å²) in [5.74, 6) is 0.0215. The molecule has 1 aromatic carbocycles. The Morgan fingerprint density at radius 1 is 1.31 bits per heavy atom. The molecule has 0 radical (unpaired) electrons. The summed E-state index contributed by atoms with van der Waals surface area (Å²) in [6.07, 6.45) is -5.64. The maximum absolute atomic E-state index is 11.8. The standard InChI is InChI=1S/C9H8F3NO3/c10-9(11,12)5-16-7-3-1-6(2-4-7)13-8(14)15/h1-4,13H,5H2,(H,14,15). The van der Waals surface area contributed by atoms with E-state index in [4.69, 9.17) is 5.11 Å². The molecule has 0 aliphatic heterocycles. The van der Waals surface area contributed by atoms with Gasteiger partial charge in [0, 0.05) is 5.69 Å². The molecule has 1 aromatic rings. The zero-order valence-electron chi connectivity index (χ0n) is 7.91. The van der Waals surface area contributed by atoms with E-state index in [1.54, 1.807) is 0 Å². The van der Waals surface area contributed by atoms with Crippen molar-refractivity contribution in [1.82, 2.24) is 0 Å². The molecule has 0 fully saturated rings. The SMILES string of the molecule is O=C(O)Nc1ccc(OCC(F)(F)F)cc1. The van der Waals surface area contributed by atoms with Gasteiger partial charge < -0.3 is 9.84 Å². The number of carboxylic acid groups (broad SMARTS) is 1.